The molecule has 0 aliphatic carbocycles. The molecule has 0 saturated carbocycles. The monoisotopic (exact) mass is 174 g/mol. The first-order valence-electron chi connectivity index (χ1n) is 2.81. The van der Waals surface area contributed by atoms with Gasteiger partial charge in [0.15, 0.2) is 0 Å². The summed E-state index contributed by atoms with van der Waals surface area (Å²) in [6.07, 6.45) is 0. The Balaban J connectivity index is 3.09. The van der Waals surface area contributed by atoms with Crippen LogP contribution in [0.15, 0.2) is 23.1 Å². The highest BCUT2D eigenvalue weighted by molar-refractivity contribution is 8.68. The molecule has 0 bridgehead atoms. The van der Waals surface area contributed by atoms with Gasteiger partial charge in [0.1, 0.15) is 5.82 Å². The van der Waals surface area contributed by atoms with Gasteiger partial charge in [-0.25, -0.2) is 4.39 Å². The lowest BCUT2D eigenvalue weighted by molar-refractivity contribution is 0.602. The van der Waals surface area contributed by atoms with Gasteiger partial charge in [0.05, 0.1) is 4.90 Å². The van der Waals surface area contributed by atoms with Crippen LogP contribution in [0.4, 0.5) is 4.39 Å². The van der Waals surface area contributed by atoms with E-state index >= 15 is 0 Å². The van der Waals surface area contributed by atoms with Crippen molar-refractivity contribution >= 4 is 22.5 Å². The molecular weight excluding hydrogens is 167 g/mol. The maximum absolute atomic E-state index is 12.7. The van der Waals surface area contributed by atoms with Crippen molar-refractivity contribution in [2.24, 2.45) is 0 Å². The van der Waals surface area contributed by atoms with Crippen LogP contribution in [0.5, 0.6) is 0 Å². The average molecular weight is 174 g/mol. The average Bonchev–Trinajstić information content (AvgIpc) is 1.94. The Labute approximate surface area is 68.6 Å². The van der Waals surface area contributed by atoms with Crippen LogP contribution >= 0.6 is 22.5 Å². The van der Waals surface area contributed by atoms with Gasteiger partial charge in [-0.2, -0.15) is 0 Å². The Morgan fingerprint density at radius 2 is 2.20 bits per heavy atom. The van der Waals surface area contributed by atoms with Crippen molar-refractivity contribution in [3.8, 4) is 0 Å². The predicted octanol–water partition coefficient (Wildman–Crippen LogP) is 3.07. The number of hydrogen-bond acceptors (Lipinski definition) is 2. The van der Waals surface area contributed by atoms with Crippen molar-refractivity contribution in [1.82, 2.24) is 0 Å². The van der Waals surface area contributed by atoms with Crippen molar-refractivity contribution in [3.05, 3.63) is 29.6 Å². The SMILES string of the molecule is Cc1ccc(F)c(SS)c1. The van der Waals surface area contributed by atoms with Gasteiger partial charge in [0, 0.05) is 0 Å². The number of aryl methyl sites for hydroxylation is 1. The Kier molecular flexibility index (Phi) is 2.63. The van der Waals surface area contributed by atoms with Crippen LogP contribution in [0.2, 0.25) is 0 Å². The minimum absolute atomic E-state index is 0.203. The van der Waals surface area contributed by atoms with Crippen molar-refractivity contribution in [1.29, 1.82) is 0 Å². The zero-order chi connectivity index (χ0) is 7.56. The molecule has 0 N–H and O–H groups in total. The molecule has 0 aliphatic rings. The fourth-order valence-corrected chi connectivity index (χ4v) is 1.49. The second kappa shape index (κ2) is 3.30. The predicted molar refractivity (Wildman–Crippen MR) is 46.0 cm³/mol. The molecule has 0 nitrogen and oxygen atoms in total. The molecule has 1 aromatic rings. The first-order chi connectivity index (χ1) is 4.74. The molecule has 54 valence electrons. The number of benzene rings is 1. The summed E-state index contributed by atoms with van der Waals surface area (Å²) in [5.74, 6) is -0.203. The molecule has 1 rings (SSSR count). The van der Waals surface area contributed by atoms with Crippen molar-refractivity contribution < 1.29 is 4.39 Å². The Bertz CT molecular complexity index is 235. The summed E-state index contributed by atoms with van der Waals surface area (Å²) in [6.45, 7) is 1.92. The summed E-state index contributed by atoms with van der Waals surface area (Å²) in [5, 5.41) is 0. The number of hydrogen-bond donors (Lipinski definition) is 1. The van der Waals surface area contributed by atoms with E-state index in [1.165, 1.54) is 6.07 Å². The molecule has 0 amide bonds. The fraction of sp³-hybridized carbons (Fsp3) is 0.143. The van der Waals surface area contributed by atoms with E-state index in [0.29, 0.717) is 4.90 Å². The van der Waals surface area contributed by atoms with Crippen LogP contribution in [-0.4, -0.2) is 0 Å². The summed E-state index contributed by atoms with van der Waals surface area (Å²) >= 11 is 3.90. The second-order valence-corrected chi connectivity index (χ2v) is 3.20. The Morgan fingerprint density at radius 3 is 2.70 bits per heavy atom. The van der Waals surface area contributed by atoms with Gasteiger partial charge in [-0.3, -0.25) is 0 Å². The van der Waals surface area contributed by atoms with E-state index in [1.807, 2.05) is 6.92 Å². The number of rotatable bonds is 1. The zero-order valence-corrected chi connectivity index (χ0v) is 7.18. The lowest BCUT2D eigenvalue weighted by atomic mass is 10.2. The molecule has 0 radical (unpaired) electrons. The maximum atomic E-state index is 12.7. The maximum Gasteiger partial charge on any atom is 0.137 e. The van der Waals surface area contributed by atoms with Crippen LogP contribution in [0.25, 0.3) is 0 Å². The fourth-order valence-electron chi connectivity index (χ4n) is 0.681. The minimum Gasteiger partial charge on any atom is -0.206 e. The van der Waals surface area contributed by atoms with Crippen LogP contribution in [0, 0.1) is 12.7 Å². The summed E-state index contributed by atoms with van der Waals surface area (Å²) in [7, 11) is 1.13. The van der Waals surface area contributed by atoms with E-state index in [2.05, 4.69) is 11.7 Å². The molecule has 3 heteroatoms. The van der Waals surface area contributed by atoms with Gasteiger partial charge in [0.25, 0.3) is 0 Å². The molecule has 0 heterocycles. The molecule has 0 atom stereocenters. The smallest absolute Gasteiger partial charge is 0.137 e. The van der Waals surface area contributed by atoms with E-state index in [-0.39, 0.29) is 5.82 Å². The molecule has 1 aromatic carbocycles. The van der Waals surface area contributed by atoms with E-state index in [9.17, 15) is 4.39 Å². The quantitative estimate of drug-likeness (QED) is 0.504. The van der Waals surface area contributed by atoms with Gasteiger partial charge in [-0.05, 0) is 24.6 Å². The number of halogens is 1. The highest BCUT2D eigenvalue weighted by atomic mass is 33.1. The molecule has 10 heavy (non-hydrogen) atoms. The summed E-state index contributed by atoms with van der Waals surface area (Å²) in [5.41, 5.74) is 1.05. The lowest BCUT2D eigenvalue weighted by Gasteiger charge is -1.97. The first-order valence-corrected chi connectivity index (χ1v) is 4.68. The highest BCUT2D eigenvalue weighted by Crippen LogP contribution is 2.25. The first kappa shape index (κ1) is 7.95. The Hall–Kier alpha value is -0.150. The molecule has 0 aromatic heterocycles. The van der Waals surface area contributed by atoms with Gasteiger partial charge < -0.3 is 0 Å². The summed E-state index contributed by atoms with van der Waals surface area (Å²) < 4.78 is 12.7. The molecule has 0 saturated heterocycles. The largest absolute Gasteiger partial charge is 0.206 e. The zero-order valence-electron chi connectivity index (χ0n) is 5.47. The van der Waals surface area contributed by atoms with E-state index in [0.717, 1.165) is 16.4 Å². The van der Waals surface area contributed by atoms with Crippen LogP contribution < -0.4 is 0 Å². The normalized spacial score (nSPS) is 9.90. The molecule has 0 spiro atoms. The molecular formula is C7H7FS2. The van der Waals surface area contributed by atoms with E-state index in [4.69, 9.17) is 0 Å². The summed E-state index contributed by atoms with van der Waals surface area (Å²) in [6, 6.07) is 4.96. The Morgan fingerprint density at radius 1 is 1.50 bits per heavy atom. The van der Waals surface area contributed by atoms with Crippen LogP contribution in [-0.2, 0) is 0 Å². The molecule has 0 aliphatic heterocycles. The third-order valence-corrected chi connectivity index (χ3v) is 2.28. The highest BCUT2D eigenvalue weighted by Gasteiger charge is 1.98. The van der Waals surface area contributed by atoms with Crippen LogP contribution in [0.3, 0.4) is 0 Å². The van der Waals surface area contributed by atoms with Crippen molar-refractivity contribution in [2.45, 2.75) is 11.8 Å². The minimum atomic E-state index is -0.203. The van der Waals surface area contributed by atoms with Gasteiger partial charge in [-0.1, -0.05) is 16.9 Å². The van der Waals surface area contributed by atoms with Gasteiger partial charge in [0.2, 0.25) is 0 Å². The third kappa shape index (κ3) is 1.67. The third-order valence-electron chi connectivity index (χ3n) is 1.19. The van der Waals surface area contributed by atoms with Crippen molar-refractivity contribution in [3.63, 3.8) is 0 Å². The van der Waals surface area contributed by atoms with Crippen LogP contribution in [0.1, 0.15) is 5.56 Å². The lowest BCUT2D eigenvalue weighted by Crippen LogP contribution is -1.79. The topological polar surface area (TPSA) is 0 Å². The van der Waals surface area contributed by atoms with E-state index < -0.39 is 0 Å². The molecule has 0 unspecified atom stereocenters. The van der Waals surface area contributed by atoms with Crippen molar-refractivity contribution in [2.75, 3.05) is 0 Å². The van der Waals surface area contributed by atoms with E-state index in [1.54, 1.807) is 12.1 Å². The molecule has 0 fully saturated rings. The standard InChI is InChI=1S/C7H7FS2/c1-5-2-3-6(8)7(4-5)10-9/h2-4,9H,1H3. The second-order valence-electron chi connectivity index (χ2n) is 2.03. The number of thiol groups is 1. The van der Waals surface area contributed by atoms with Gasteiger partial charge >= 0.3 is 0 Å². The van der Waals surface area contributed by atoms with Gasteiger partial charge in [-0.15, -0.1) is 11.7 Å². The summed E-state index contributed by atoms with van der Waals surface area (Å²) in [4.78, 5) is 0.586.